The van der Waals surface area contributed by atoms with Crippen molar-refractivity contribution in [1.82, 2.24) is 9.80 Å². The Morgan fingerprint density at radius 3 is 2.68 bits per heavy atom. The minimum Gasteiger partial charge on any atom is -0.521 e. The minimum absolute atomic E-state index is 0. The number of carbonyl (C=O) groups is 1. The third-order valence-electron chi connectivity index (χ3n) is 6.14. The number of ether oxygens (including phenoxy) is 1. The van der Waals surface area contributed by atoms with E-state index < -0.39 is 22.7 Å². The van der Waals surface area contributed by atoms with Gasteiger partial charge in [0.25, 0.3) is 5.91 Å². The van der Waals surface area contributed by atoms with Gasteiger partial charge in [0.2, 0.25) is 0 Å². The predicted molar refractivity (Wildman–Crippen MR) is 122 cm³/mol. The number of carbonyl (C=O) groups excluding carboxylic acids is 1. The number of nitrogens with zero attached hydrogens (tertiary/aromatic N) is 3. The Balaban J connectivity index is 0.00000171. The van der Waals surface area contributed by atoms with Crippen LogP contribution in [0.3, 0.4) is 0 Å². The molecule has 3 heterocycles. The number of hydrogen-bond donors (Lipinski definition) is 2. The summed E-state index contributed by atoms with van der Waals surface area (Å²) in [5.41, 5.74) is -0.255. The molecule has 0 spiro atoms. The Morgan fingerprint density at radius 1 is 1.42 bits per heavy atom. The first kappa shape index (κ1) is 27.0. The number of fused-ring (bicyclic) bond motifs is 6. The van der Waals surface area contributed by atoms with Crippen molar-refractivity contribution >= 4 is 44.8 Å². The first-order valence-corrected chi connectivity index (χ1v) is 11.7. The molecule has 1 aromatic rings. The molecule has 0 saturated carbocycles. The van der Waals surface area contributed by atoms with Crippen molar-refractivity contribution in [3.8, 4) is 5.75 Å². The number of benzene rings is 1. The molecular formula is C20H26ClN3O4S2U. The number of halogens is 1. The van der Waals surface area contributed by atoms with Gasteiger partial charge in [0.15, 0.2) is 4.87 Å². The summed E-state index contributed by atoms with van der Waals surface area (Å²) in [5, 5.41) is 23.5. The maximum absolute atomic E-state index is 13.6. The van der Waals surface area contributed by atoms with Crippen molar-refractivity contribution < 1.29 is 50.9 Å². The molecule has 1 amide bonds. The molecule has 4 unspecified atom stereocenters. The second-order valence-corrected chi connectivity index (χ2v) is 10.7. The Hall–Kier alpha value is -0.208. The number of methoxy groups -OCH3 is 1. The molecule has 4 rings (SSSR count). The fraction of sp³-hybridized carbons (Fsp3) is 0.500. The quantitative estimate of drug-likeness (QED) is 0.341. The smallest absolute Gasteiger partial charge is 0.521 e. The van der Waals surface area contributed by atoms with Crippen molar-refractivity contribution in [2.45, 2.75) is 36.1 Å². The van der Waals surface area contributed by atoms with Crippen LogP contribution in [0.4, 0.5) is 5.69 Å². The van der Waals surface area contributed by atoms with Gasteiger partial charge in [0, 0.05) is 32.0 Å². The molecule has 0 aromatic heterocycles. The maximum Gasteiger partial charge on any atom is 2.00 e. The zero-order valence-corrected chi connectivity index (χ0v) is 24.7. The van der Waals surface area contributed by atoms with Gasteiger partial charge in [-0.1, -0.05) is 39.4 Å². The standard InChI is InChI=1S/C19H23ClN3O4S2.CH3.U/c1-10-6-15(24)19(26)11-7-12(20)14(27-5)8-13(11)21(3)16(19)23-9-28-29-18(2,17(23)25)22(10)4;;/h7,15-16,24,26H,1,6,9H2,2-5H3;1H3;/q2*-1;+2. The molecule has 3 aliphatic rings. The van der Waals surface area contributed by atoms with E-state index in [4.69, 9.17) is 16.3 Å². The fourth-order valence-corrected chi connectivity index (χ4v) is 7.39. The molecule has 2 bridgehead atoms. The number of rotatable bonds is 1. The average molecular weight is 710 g/mol. The summed E-state index contributed by atoms with van der Waals surface area (Å²) < 4.78 is 5.28. The monoisotopic (exact) mass is 709 g/mol. The molecule has 4 atom stereocenters. The molecule has 168 valence electrons. The van der Waals surface area contributed by atoms with Gasteiger partial charge in [-0.05, 0) is 11.9 Å². The van der Waals surface area contributed by atoms with E-state index in [0.717, 1.165) is 0 Å². The van der Waals surface area contributed by atoms with Gasteiger partial charge in [-0.15, -0.1) is 12.1 Å². The Morgan fingerprint density at radius 2 is 2.06 bits per heavy atom. The van der Waals surface area contributed by atoms with E-state index in [-0.39, 0.29) is 55.9 Å². The average Bonchev–Trinajstić information content (AvgIpc) is 2.90. The first-order valence-electron chi connectivity index (χ1n) is 9.04. The van der Waals surface area contributed by atoms with Gasteiger partial charge in [0.1, 0.15) is 11.8 Å². The second-order valence-electron chi connectivity index (χ2n) is 7.66. The van der Waals surface area contributed by atoms with Crippen LogP contribution in [0.2, 0.25) is 5.02 Å². The number of amides is 1. The van der Waals surface area contributed by atoms with Gasteiger partial charge >= 0.3 is 31.1 Å². The van der Waals surface area contributed by atoms with Gasteiger partial charge < -0.3 is 37.1 Å². The van der Waals surface area contributed by atoms with Crippen molar-refractivity contribution in [2.24, 2.45) is 0 Å². The fourth-order valence-electron chi connectivity index (χ4n) is 4.34. The molecule has 7 nitrogen and oxygen atoms in total. The van der Waals surface area contributed by atoms with Crippen LogP contribution < -0.4 is 9.64 Å². The molecule has 0 radical (unpaired) electrons. The predicted octanol–water partition coefficient (Wildman–Crippen LogP) is 2.67. The summed E-state index contributed by atoms with van der Waals surface area (Å²) in [6, 6.07) is 4.68. The maximum atomic E-state index is 13.6. The largest absolute Gasteiger partial charge is 2.00 e. The third-order valence-corrected chi connectivity index (χ3v) is 9.34. The van der Waals surface area contributed by atoms with Crippen LogP contribution in [0.25, 0.3) is 0 Å². The molecule has 31 heavy (non-hydrogen) atoms. The zero-order chi connectivity index (χ0) is 21.3. The van der Waals surface area contributed by atoms with Gasteiger partial charge in [-0.3, -0.25) is 4.79 Å². The van der Waals surface area contributed by atoms with Gasteiger partial charge in [-0.2, -0.15) is 11.6 Å². The SMILES string of the molecule is C=C1CC(O)C2(O)c3cc(Cl)c(OC)[c-]c3N(C)C2N2CSSC(C)(C2=O)N1C.[CH3-].[U+2]. The number of likely N-dealkylation sites (N-methyl/N-ethyl adjacent to an activating group) is 2. The van der Waals surface area contributed by atoms with Crippen molar-refractivity contribution in [3.05, 3.63) is 42.4 Å². The molecule has 0 aliphatic carbocycles. The molecule has 2 fully saturated rings. The van der Waals surface area contributed by atoms with Crippen molar-refractivity contribution in [1.29, 1.82) is 0 Å². The van der Waals surface area contributed by atoms with Crippen molar-refractivity contribution in [3.63, 3.8) is 0 Å². The Bertz CT molecular complexity index is 909. The van der Waals surface area contributed by atoms with E-state index in [0.29, 0.717) is 28.6 Å². The summed E-state index contributed by atoms with van der Waals surface area (Å²) in [7, 11) is 8.04. The first-order chi connectivity index (χ1) is 13.6. The number of anilines is 1. The second kappa shape index (κ2) is 9.21. The van der Waals surface area contributed by atoms with E-state index in [2.05, 4.69) is 12.6 Å². The molecule has 2 N–H and O–H groups in total. The normalized spacial score (nSPS) is 32.2. The number of aliphatic hydroxyl groups is 2. The molecule has 3 aliphatic heterocycles. The molecule has 1 aromatic carbocycles. The van der Waals surface area contributed by atoms with Crippen LogP contribution >= 0.6 is 33.2 Å². The van der Waals surface area contributed by atoms with Crippen LogP contribution in [0.5, 0.6) is 5.75 Å². The Kier molecular flexibility index (Phi) is 8.03. The molecule has 11 heteroatoms. The summed E-state index contributed by atoms with van der Waals surface area (Å²) in [6.45, 7) is 5.92. The Labute approximate surface area is 220 Å². The van der Waals surface area contributed by atoms with Gasteiger partial charge in [-0.25, -0.2) is 0 Å². The van der Waals surface area contributed by atoms with Crippen LogP contribution in [-0.2, 0) is 10.4 Å². The van der Waals surface area contributed by atoms with E-state index >= 15 is 0 Å². The van der Waals surface area contributed by atoms with Crippen LogP contribution in [-0.4, -0.2) is 70.1 Å². The summed E-state index contributed by atoms with van der Waals surface area (Å²) >= 11 is 6.33. The third kappa shape index (κ3) is 3.71. The molecule has 2 saturated heterocycles. The van der Waals surface area contributed by atoms with Crippen LogP contribution in [0.1, 0.15) is 18.9 Å². The van der Waals surface area contributed by atoms with Crippen molar-refractivity contribution in [2.75, 3.05) is 32.0 Å². The van der Waals surface area contributed by atoms with Crippen LogP contribution in [0.15, 0.2) is 18.3 Å². The van der Waals surface area contributed by atoms with Crippen LogP contribution in [0, 0.1) is 44.6 Å². The topological polar surface area (TPSA) is 76.5 Å². The van der Waals surface area contributed by atoms with E-state index in [1.165, 1.54) is 28.7 Å². The summed E-state index contributed by atoms with van der Waals surface area (Å²) in [5.74, 6) is 0.549. The minimum atomic E-state index is -1.77. The van der Waals surface area contributed by atoms with E-state index in [1.807, 2.05) is 6.92 Å². The van der Waals surface area contributed by atoms with E-state index in [9.17, 15) is 15.0 Å². The molecular weight excluding hydrogens is 684 g/mol. The zero-order valence-electron chi connectivity index (χ0n) is 18.1. The summed E-state index contributed by atoms with van der Waals surface area (Å²) in [4.78, 5) is 17.9. The number of hydrogen-bond acceptors (Lipinski definition) is 8. The van der Waals surface area contributed by atoms with Gasteiger partial charge in [0.05, 0.1) is 19.1 Å². The number of aliphatic hydroxyl groups excluding tert-OH is 1. The summed E-state index contributed by atoms with van der Waals surface area (Å²) in [6.07, 6.45) is -1.94. The van der Waals surface area contributed by atoms with E-state index in [1.54, 1.807) is 34.9 Å².